The van der Waals surface area contributed by atoms with Gasteiger partial charge in [-0.25, -0.2) is 9.59 Å². The summed E-state index contributed by atoms with van der Waals surface area (Å²) in [5, 5.41) is 0. The summed E-state index contributed by atoms with van der Waals surface area (Å²) >= 11 is 0. The minimum absolute atomic E-state index is 0.0492. The van der Waals surface area contributed by atoms with Gasteiger partial charge in [-0.3, -0.25) is 0 Å². The van der Waals surface area contributed by atoms with E-state index in [0.717, 1.165) is 16.7 Å². The van der Waals surface area contributed by atoms with Crippen LogP contribution in [0.3, 0.4) is 0 Å². The Morgan fingerprint density at radius 3 is 1.69 bits per heavy atom. The standard InChI is InChI=1S/C27H30N2O6/c1-19-12-13-20(21(16-34-26(28)30)15-32-23-8-4-2-5-9-23)14-25(19)22(18-35-27(29)31)17-33-24-10-6-3-7-11-24/h2-14,21-22H,15-18H2,1H3,(H2,28,30)(H2,29,31). The van der Waals surface area contributed by atoms with E-state index in [1.54, 1.807) is 0 Å². The smallest absolute Gasteiger partial charge is 0.404 e. The van der Waals surface area contributed by atoms with Gasteiger partial charge >= 0.3 is 12.2 Å². The molecule has 0 bridgehead atoms. The third kappa shape index (κ3) is 8.26. The Labute approximate surface area is 204 Å². The number of nitrogens with two attached hydrogens (primary N) is 2. The van der Waals surface area contributed by atoms with Crippen LogP contribution in [0.5, 0.6) is 11.5 Å². The van der Waals surface area contributed by atoms with Crippen molar-refractivity contribution >= 4 is 12.2 Å². The first-order chi connectivity index (χ1) is 16.9. The predicted octanol–water partition coefficient (Wildman–Crippen LogP) is 4.51. The average molecular weight is 479 g/mol. The van der Waals surface area contributed by atoms with Gasteiger partial charge in [-0.15, -0.1) is 0 Å². The number of amides is 2. The topological polar surface area (TPSA) is 123 Å². The van der Waals surface area contributed by atoms with Gasteiger partial charge in [-0.1, -0.05) is 54.6 Å². The molecule has 0 fully saturated rings. The van der Waals surface area contributed by atoms with Gasteiger partial charge in [0.25, 0.3) is 0 Å². The lowest BCUT2D eigenvalue weighted by Crippen LogP contribution is -2.24. The number of aryl methyl sites for hydroxylation is 1. The van der Waals surface area contributed by atoms with Crippen LogP contribution in [-0.4, -0.2) is 38.6 Å². The van der Waals surface area contributed by atoms with Gasteiger partial charge in [-0.05, 0) is 47.9 Å². The molecule has 0 saturated carbocycles. The molecule has 3 aromatic rings. The fraction of sp³-hybridized carbons (Fsp3) is 0.259. The Morgan fingerprint density at radius 1 is 0.686 bits per heavy atom. The molecule has 8 heteroatoms. The van der Waals surface area contributed by atoms with Crippen LogP contribution in [0, 0.1) is 6.92 Å². The van der Waals surface area contributed by atoms with Crippen molar-refractivity contribution in [2.45, 2.75) is 18.8 Å². The highest BCUT2D eigenvalue weighted by Crippen LogP contribution is 2.28. The largest absolute Gasteiger partial charge is 0.493 e. The molecule has 184 valence electrons. The molecule has 8 nitrogen and oxygen atoms in total. The molecule has 2 amide bonds. The molecule has 0 spiro atoms. The van der Waals surface area contributed by atoms with Gasteiger partial charge in [-0.2, -0.15) is 0 Å². The quantitative estimate of drug-likeness (QED) is 0.395. The van der Waals surface area contributed by atoms with E-state index in [1.807, 2.05) is 85.8 Å². The first-order valence-corrected chi connectivity index (χ1v) is 11.2. The number of hydrogen-bond donors (Lipinski definition) is 2. The maximum atomic E-state index is 11.3. The average Bonchev–Trinajstić information content (AvgIpc) is 2.86. The Hall–Kier alpha value is -4.20. The van der Waals surface area contributed by atoms with Gasteiger partial charge in [0.2, 0.25) is 0 Å². The summed E-state index contributed by atoms with van der Waals surface area (Å²) in [7, 11) is 0. The van der Waals surface area contributed by atoms with Gasteiger partial charge in [0, 0.05) is 0 Å². The van der Waals surface area contributed by atoms with Crippen molar-refractivity contribution < 1.29 is 28.5 Å². The number of primary amides is 2. The Morgan fingerprint density at radius 2 is 1.17 bits per heavy atom. The van der Waals surface area contributed by atoms with Crippen molar-refractivity contribution in [2.24, 2.45) is 11.5 Å². The molecule has 0 radical (unpaired) electrons. The third-order valence-corrected chi connectivity index (χ3v) is 5.46. The van der Waals surface area contributed by atoms with Crippen LogP contribution in [0.4, 0.5) is 9.59 Å². The number of benzene rings is 3. The van der Waals surface area contributed by atoms with E-state index in [-0.39, 0.29) is 38.3 Å². The molecule has 0 aliphatic rings. The van der Waals surface area contributed by atoms with Crippen molar-refractivity contribution in [3.05, 3.63) is 95.6 Å². The van der Waals surface area contributed by atoms with Crippen LogP contribution in [0.25, 0.3) is 0 Å². The first-order valence-electron chi connectivity index (χ1n) is 11.2. The summed E-state index contributed by atoms with van der Waals surface area (Å²) in [4.78, 5) is 22.6. The van der Waals surface area contributed by atoms with Crippen LogP contribution in [0.15, 0.2) is 78.9 Å². The molecule has 35 heavy (non-hydrogen) atoms. The van der Waals surface area contributed by atoms with Crippen molar-refractivity contribution in [1.82, 2.24) is 0 Å². The van der Waals surface area contributed by atoms with E-state index in [1.165, 1.54) is 0 Å². The Kier molecular flexibility index (Phi) is 9.36. The molecule has 0 heterocycles. The van der Waals surface area contributed by atoms with Crippen molar-refractivity contribution in [3.63, 3.8) is 0 Å². The van der Waals surface area contributed by atoms with Crippen LogP contribution in [-0.2, 0) is 9.47 Å². The van der Waals surface area contributed by atoms with Crippen LogP contribution >= 0.6 is 0 Å². The molecular formula is C27H30N2O6. The van der Waals surface area contributed by atoms with E-state index in [0.29, 0.717) is 11.5 Å². The zero-order valence-electron chi connectivity index (χ0n) is 19.6. The molecule has 0 aromatic heterocycles. The van der Waals surface area contributed by atoms with E-state index in [9.17, 15) is 9.59 Å². The number of carbonyl (C=O) groups excluding carboxylic acids is 2. The van der Waals surface area contributed by atoms with Crippen LogP contribution in [0.1, 0.15) is 28.5 Å². The monoisotopic (exact) mass is 478 g/mol. The second-order valence-electron chi connectivity index (χ2n) is 8.02. The molecule has 2 atom stereocenters. The minimum Gasteiger partial charge on any atom is -0.493 e. The Balaban J connectivity index is 1.84. The first kappa shape index (κ1) is 25.4. The lowest BCUT2D eigenvalue weighted by molar-refractivity contribution is 0.136. The summed E-state index contributed by atoms with van der Waals surface area (Å²) < 4.78 is 22.1. The molecule has 0 saturated heterocycles. The highest BCUT2D eigenvalue weighted by atomic mass is 16.6. The molecule has 3 aromatic carbocycles. The summed E-state index contributed by atoms with van der Waals surface area (Å²) in [6.45, 7) is 2.60. The lowest BCUT2D eigenvalue weighted by Gasteiger charge is -2.23. The van der Waals surface area contributed by atoms with E-state index in [4.69, 9.17) is 30.4 Å². The maximum absolute atomic E-state index is 11.3. The van der Waals surface area contributed by atoms with Crippen molar-refractivity contribution in [1.29, 1.82) is 0 Å². The normalized spacial score (nSPS) is 12.3. The number of rotatable bonds is 12. The van der Waals surface area contributed by atoms with E-state index >= 15 is 0 Å². The summed E-state index contributed by atoms with van der Waals surface area (Å²) in [5.74, 6) is 0.840. The number of hydrogen-bond acceptors (Lipinski definition) is 6. The summed E-state index contributed by atoms with van der Waals surface area (Å²) in [6, 6.07) is 24.6. The van der Waals surface area contributed by atoms with Crippen LogP contribution < -0.4 is 20.9 Å². The molecule has 2 unspecified atom stereocenters. The maximum Gasteiger partial charge on any atom is 0.404 e. The van der Waals surface area contributed by atoms with Gasteiger partial charge in [0.15, 0.2) is 0 Å². The second kappa shape index (κ2) is 12.9. The lowest BCUT2D eigenvalue weighted by atomic mass is 9.90. The fourth-order valence-electron chi connectivity index (χ4n) is 3.61. The van der Waals surface area contributed by atoms with Crippen LogP contribution in [0.2, 0.25) is 0 Å². The van der Waals surface area contributed by atoms with E-state index in [2.05, 4.69) is 0 Å². The van der Waals surface area contributed by atoms with Gasteiger partial charge in [0.05, 0.1) is 25.0 Å². The molecule has 0 aliphatic heterocycles. The zero-order chi connectivity index (χ0) is 25.0. The highest BCUT2D eigenvalue weighted by Gasteiger charge is 2.21. The van der Waals surface area contributed by atoms with Gasteiger partial charge < -0.3 is 30.4 Å². The zero-order valence-corrected chi connectivity index (χ0v) is 19.6. The highest BCUT2D eigenvalue weighted by molar-refractivity contribution is 5.65. The predicted molar refractivity (Wildman–Crippen MR) is 132 cm³/mol. The molecule has 3 rings (SSSR count). The molecule has 4 N–H and O–H groups in total. The molecule has 0 aliphatic carbocycles. The number of ether oxygens (including phenoxy) is 4. The Bertz CT molecular complexity index is 1090. The van der Waals surface area contributed by atoms with E-state index < -0.39 is 12.2 Å². The third-order valence-electron chi connectivity index (χ3n) is 5.46. The van der Waals surface area contributed by atoms with Crippen molar-refractivity contribution in [2.75, 3.05) is 26.4 Å². The molecular weight excluding hydrogens is 448 g/mol. The second-order valence-corrected chi connectivity index (χ2v) is 8.02. The fourth-order valence-corrected chi connectivity index (χ4v) is 3.61. The number of para-hydroxylation sites is 2. The summed E-state index contributed by atoms with van der Waals surface area (Å²) in [5.41, 5.74) is 13.2. The number of carbonyl (C=O) groups is 2. The minimum atomic E-state index is -0.856. The van der Waals surface area contributed by atoms with Crippen molar-refractivity contribution in [3.8, 4) is 11.5 Å². The van der Waals surface area contributed by atoms with Gasteiger partial charge in [0.1, 0.15) is 24.7 Å². The SMILES string of the molecule is Cc1ccc(C(COC(N)=O)COc2ccccc2)cc1C(COC(N)=O)COc1ccccc1. The summed E-state index contributed by atoms with van der Waals surface area (Å²) in [6.07, 6.45) is -1.71.